The number of hydrogen-bond donors (Lipinski definition) is 3. The summed E-state index contributed by atoms with van der Waals surface area (Å²) in [5.74, 6) is -3.30. The lowest BCUT2D eigenvalue weighted by atomic mass is 9.74. The first-order valence-electron chi connectivity index (χ1n) is 15.1. The highest BCUT2D eigenvalue weighted by molar-refractivity contribution is 6.12. The van der Waals surface area contributed by atoms with Crippen molar-refractivity contribution in [2.24, 2.45) is 11.3 Å². The Morgan fingerprint density at radius 2 is 1.86 bits per heavy atom. The van der Waals surface area contributed by atoms with Gasteiger partial charge in [0.2, 0.25) is 5.79 Å². The molecule has 44 heavy (non-hydrogen) atoms. The summed E-state index contributed by atoms with van der Waals surface area (Å²) < 4.78 is 35.0. The van der Waals surface area contributed by atoms with E-state index in [-0.39, 0.29) is 50.5 Å². The molecule has 0 saturated carbocycles. The third-order valence-electron chi connectivity index (χ3n) is 9.21. The number of ether oxygens (including phenoxy) is 6. The van der Waals surface area contributed by atoms with Gasteiger partial charge in [-0.2, -0.15) is 0 Å². The van der Waals surface area contributed by atoms with Crippen LogP contribution in [0.15, 0.2) is 24.3 Å². The molecule has 2 saturated heterocycles. The number of aliphatic hydroxyl groups is 2. The zero-order valence-corrected chi connectivity index (χ0v) is 26.9. The third-order valence-corrected chi connectivity index (χ3v) is 9.21. The minimum atomic E-state index is -1.75. The smallest absolute Gasteiger partial charge is 0.256 e. The molecule has 250 valence electrons. The van der Waals surface area contributed by atoms with Crippen LogP contribution in [0.2, 0.25) is 0 Å². The van der Waals surface area contributed by atoms with Crippen LogP contribution in [0, 0.1) is 11.3 Å². The van der Waals surface area contributed by atoms with Gasteiger partial charge in [-0.05, 0) is 13.3 Å². The topological polar surface area (TPSA) is 162 Å². The summed E-state index contributed by atoms with van der Waals surface area (Å²) in [6.45, 7) is 12.1. The van der Waals surface area contributed by atoms with Crippen molar-refractivity contribution in [3.05, 3.63) is 24.3 Å². The van der Waals surface area contributed by atoms with Gasteiger partial charge in [-0.25, -0.2) is 0 Å². The molecule has 3 rings (SSSR count). The lowest BCUT2D eigenvalue weighted by Gasteiger charge is -2.48. The third kappa shape index (κ3) is 8.13. The first-order valence-corrected chi connectivity index (χ1v) is 15.1. The Morgan fingerprint density at radius 1 is 1.20 bits per heavy atom. The average Bonchev–Trinajstić information content (AvgIpc) is 3.30. The van der Waals surface area contributed by atoms with E-state index in [0.29, 0.717) is 13.0 Å². The van der Waals surface area contributed by atoms with Crippen molar-refractivity contribution in [2.75, 3.05) is 41.1 Å². The number of rotatable bonds is 15. The number of hydrogen-bond acceptors (Lipinski definition) is 11. The molecule has 3 amide bonds. The van der Waals surface area contributed by atoms with E-state index in [1.807, 2.05) is 27.7 Å². The highest BCUT2D eigenvalue weighted by Gasteiger charge is 2.51. The number of carbonyl (C=O) groups is 3. The molecule has 9 unspecified atom stereocenters. The van der Waals surface area contributed by atoms with E-state index in [4.69, 9.17) is 28.4 Å². The molecular weight excluding hydrogens is 576 g/mol. The van der Waals surface area contributed by atoms with Gasteiger partial charge in [-0.1, -0.05) is 32.9 Å². The van der Waals surface area contributed by atoms with Crippen molar-refractivity contribution in [3.63, 3.8) is 0 Å². The maximum Gasteiger partial charge on any atom is 0.256 e. The zero-order chi connectivity index (χ0) is 32.8. The second-order valence-corrected chi connectivity index (χ2v) is 12.5. The van der Waals surface area contributed by atoms with Crippen molar-refractivity contribution in [1.82, 2.24) is 10.2 Å². The van der Waals surface area contributed by atoms with E-state index in [9.17, 15) is 24.6 Å². The Labute approximate surface area is 259 Å². The molecule has 3 N–H and O–H groups in total. The fourth-order valence-corrected chi connectivity index (χ4v) is 5.80. The molecule has 0 aromatic carbocycles. The van der Waals surface area contributed by atoms with Crippen LogP contribution < -0.4 is 5.32 Å². The molecule has 3 heterocycles. The summed E-state index contributed by atoms with van der Waals surface area (Å²) >= 11 is 0. The molecule has 13 nitrogen and oxygen atoms in total. The van der Waals surface area contributed by atoms with Crippen molar-refractivity contribution in [1.29, 1.82) is 0 Å². The van der Waals surface area contributed by atoms with Crippen LogP contribution in [0.4, 0.5) is 0 Å². The van der Waals surface area contributed by atoms with Crippen LogP contribution in [0.25, 0.3) is 0 Å². The van der Waals surface area contributed by atoms with Gasteiger partial charge in [0.15, 0.2) is 12.3 Å². The predicted octanol–water partition coefficient (Wildman–Crippen LogP) is 1.06. The van der Waals surface area contributed by atoms with Crippen molar-refractivity contribution in [3.8, 4) is 0 Å². The highest BCUT2D eigenvalue weighted by Crippen LogP contribution is 2.41. The molecule has 3 aliphatic rings. The summed E-state index contributed by atoms with van der Waals surface area (Å²) in [4.78, 5) is 38.6. The van der Waals surface area contributed by atoms with Crippen molar-refractivity contribution >= 4 is 17.7 Å². The molecule has 9 atom stereocenters. The Kier molecular flexibility index (Phi) is 12.7. The first-order chi connectivity index (χ1) is 20.7. The first kappa shape index (κ1) is 36.2. The highest BCUT2D eigenvalue weighted by atomic mass is 16.7. The van der Waals surface area contributed by atoms with Gasteiger partial charge < -0.3 is 44.0 Å². The second-order valence-electron chi connectivity index (χ2n) is 12.5. The largest absolute Gasteiger partial charge is 0.392 e. The normalized spacial score (nSPS) is 32.5. The van der Waals surface area contributed by atoms with Crippen molar-refractivity contribution < 1.29 is 53.0 Å². The number of aliphatic hydroxyl groups excluding tert-OH is 2. The van der Waals surface area contributed by atoms with E-state index in [1.165, 1.54) is 19.3 Å². The summed E-state index contributed by atoms with van der Waals surface area (Å²) in [7, 11) is 4.50. The van der Waals surface area contributed by atoms with E-state index >= 15 is 0 Å². The van der Waals surface area contributed by atoms with Crippen LogP contribution in [-0.4, -0.2) is 123 Å². The fourth-order valence-electron chi connectivity index (χ4n) is 5.80. The quantitative estimate of drug-likeness (QED) is 0.103. The number of methoxy groups -OCH3 is 3. The minimum absolute atomic E-state index is 0.000590. The standard InChI is InChI=1S/C31H50N2O11/c1-18-16-31(41-8,44-20(3)19(18)2)27(37)28(38)32-29(42-13-9-12-33-25(35)10-11-26(33)36)22-15-23(34)30(4,5)24(43-22)14-21(40-7)17-39-6/h10-11,19-24,27,29,34,37H,1,9,12-17H2,2-8H3,(H,32,38). The summed E-state index contributed by atoms with van der Waals surface area (Å²) in [6, 6.07) is 0. The molecule has 13 heteroatoms. The Hall–Kier alpha value is -2.23. The van der Waals surface area contributed by atoms with Gasteiger partial charge in [0.1, 0.15) is 6.10 Å². The molecule has 0 spiro atoms. The van der Waals surface area contributed by atoms with Crippen LogP contribution >= 0.6 is 0 Å². The van der Waals surface area contributed by atoms with Gasteiger partial charge in [-0.3, -0.25) is 19.3 Å². The maximum atomic E-state index is 13.6. The van der Waals surface area contributed by atoms with Crippen molar-refractivity contribution in [2.45, 2.75) is 102 Å². The lowest BCUT2D eigenvalue weighted by Crippen LogP contribution is -2.62. The predicted molar refractivity (Wildman–Crippen MR) is 158 cm³/mol. The summed E-state index contributed by atoms with van der Waals surface area (Å²) in [5, 5.41) is 25.2. The van der Waals surface area contributed by atoms with Crippen LogP contribution in [0.3, 0.4) is 0 Å². The number of nitrogens with one attached hydrogen (secondary N) is 1. The Morgan fingerprint density at radius 3 is 2.43 bits per heavy atom. The number of amides is 3. The van der Waals surface area contributed by atoms with E-state index in [2.05, 4.69) is 11.9 Å². The molecule has 0 bridgehead atoms. The molecule has 0 aromatic rings. The molecule has 2 fully saturated rings. The Balaban J connectivity index is 1.80. The lowest BCUT2D eigenvalue weighted by molar-refractivity contribution is -0.298. The monoisotopic (exact) mass is 626 g/mol. The van der Waals surface area contributed by atoms with Crippen LogP contribution in [0.5, 0.6) is 0 Å². The number of imide groups is 1. The zero-order valence-electron chi connectivity index (χ0n) is 26.9. The SMILES string of the molecule is C=C1CC(OC)(C(O)C(=O)NC(OCCCN2C(=O)C=CC2=O)C2CC(O)C(C)(C)C(CC(COC)OC)O2)OC(C)C1C. The summed E-state index contributed by atoms with van der Waals surface area (Å²) in [6.07, 6.45) is -2.38. The van der Waals surface area contributed by atoms with Crippen LogP contribution in [-0.2, 0) is 42.8 Å². The second kappa shape index (κ2) is 15.4. The maximum absolute atomic E-state index is 13.6. The van der Waals surface area contributed by atoms with E-state index in [1.54, 1.807) is 14.2 Å². The minimum Gasteiger partial charge on any atom is -0.392 e. The Bertz CT molecular complexity index is 1050. The molecular formula is C31H50N2O11. The molecule has 3 aliphatic heterocycles. The van der Waals surface area contributed by atoms with Crippen LogP contribution in [0.1, 0.15) is 53.4 Å². The van der Waals surface area contributed by atoms with Gasteiger partial charge in [0, 0.05) is 70.6 Å². The number of nitrogens with zero attached hydrogens (tertiary/aromatic N) is 1. The van der Waals surface area contributed by atoms with Gasteiger partial charge in [0.25, 0.3) is 17.7 Å². The van der Waals surface area contributed by atoms with E-state index in [0.717, 1.165) is 10.5 Å². The van der Waals surface area contributed by atoms with Gasteiger partial charge in [-0.15, -0.1) is 0 Å². The summed E-state index contributed by atoms with van der Waals surface area (Å²) in [5.41, 5.74) is 0.111. The molecule has 0 radical (unpaired) electrons. The average molecular weight is 627 g/mol. The van der Waals surface area contributed by atoms with Gasteiger partial charge >= 0.3 is 0 Å². The van der Waals surface area contributed by atoms with Gasteiger partial charge in [0.05, 0.1) is 37.6 Å². The number of carbonyl (C=O) groups excluding carboxylic acids is 3. The fraction of sp³-hybridized carbons (Fsp3) is 0.774. The van der Waals surface area contributed by atoms with E-state index < -0.39 is 59.6 Å². The molecule has 0 aliphatic carbocycles. The molecule has 0 aromatic heterocycles.